The molecule has 0 radical (unpaired) electrons. The van der Waals surface area contributed by atoms with Crippen molar-refractivity contribution in [3.63, 3.8) is 0 Å². The summed E-state index contributed by atoms with van der Waals surface area (Å²) >= 11 is 6.06. The third-order valence-corrected chi connectivity index (χ3v) is 2.96. The first-order valence-corrected chi connectivity index (χ1v) is 5.70. The van der Waals surface area contributed by atoms with Crippen LogP contribution < -0.4 is 10.6 Å². The van der Waals surface area contributed by atoms with Crippen LogP contribution in [-0.4, -0.2) is 36.7 Å². The number of halogens is 1. The van der Waals surface area contributed by atoms with Gasteiger partial charge in [-0.05, 0) is 6.07 Å². The molecular formula is C11H11ClN4O2. The lowest BCUT2D eigenvalue weighted by Gasteiger charge is -2.34. The molecule has 1 aliphatic heterocycles. The van der Waals surface area contributed by atoms with E-state index in [1.54, 1.807) is 4.90 Å². The van der Waals surface area contributed by atoms with Gasteiger partial charge in [0, 0.05) is 12.7 Å². The van der Waals surface area contributed by atoms with E-state index in [9.17, 15) is 4.79 Å². The highest BCUT2D eigenvalue weighted by molar-refractivity contribution is 6.33. The SMILES string of the molecule is N#Cc1cnc(N2CCOCC2C(N)=O)c(Cl)c1. The van der Waals surface area contributed by atoms with Crippen molar-refractivity contribution in [1.29, 1.82) is 5.26 Å². The van der Waals surface area contributed by atoms with Crippen LogP contribution in [0.25, 0.3) is 0 Å². The zero-order valence-corrected chi connectivity index (χ0v) is 10.2. The molecule has 1 aromatic heterocycles. The van der Waals surface area contributed by atoms with E-state index in [0.717, 1.165) is 0 Å². The minimum absolute atomic E-state index is 0.216. The Morgan fingerprint density at radius 2 is 2.50 bits per heavy atom. The lowest BCUT2D eigenvalue weighted by molar-refractivity contribution is -0.121. The topological polar surface area (TPSA) is 92.2 Å². The first-order chi connectivity index (χ1) is 8.63. The number of hydrogen-bond acceptors (Lipinski definition) is 5. The van der Waals surface area contributed by atoms with E-state index in [0.29, 0.717) is 29.6 Å². The van der Waals surface area contributed by atoms with Crippen LogP contribution in [0.5, 0.6) is 0 Å². The van der Waals surface area contributed by atoms with Gasteiger partial charge in [0.15, 0.2) is 0 Å². The Bertz CT molecular complexity index is 514. The van der Waals surface area contributed by atoms with Crippen LogP contribution in [0, 0.1) is 11.3 Å². The summed E-state index contributed by atoms with van der Waals surface area (Å²) in [4.78, 5) is 17.2. The number of primary amides is 1. The maximum absolute atomic E-state index is 11.3. The molecule has 1 atom stereocenters. The number of hydrogen-bond donors (Lipinski definition) is 1. The Morgan fingerprint density at radius 1 is 1.72 bits per heavy atom. The Balaban J connectivity index is 2.34. The molecule has 2 N–H and O–H groups in total. The van der Waals surface area contributed by atoms with Crippen molar-refractivity contribution in [1.82, 2.24) is 4.98 Å². The summed E-state index contributed by atoms with van der Waals surface area (Å²) in [6.07, 6.45) is 1.41. The zero-order chi connectivity index (χ0) is 13.1. The van der Waals surface area contributed by atoms with Crippen LogP contribution in [0.15, 0.2) is 12.3 Å². The van der Waals surface area contributed by atoms with Crippen molar-refractivity contribution in [2.24, 2.45) is 5.73 Å². The van der Waals surface area contributed by atoms with Gasteiger partial charge in [-0.1, -0.05) is 11.6 Å². The minimum Gasteiger partial charge on any atom is -0.377 e. The van der Waals surface area contributed by atoms with Crippen LogP contribution in [0.2, 0.25) is 5.02 Å². The fourth-order valence-corrected chi connectivity index (χ4v) is 2.07. The molecule has 0 aliphatic carbocycles. The molecule has 1 unspecified atom stereocenters. The molecule has 1 aliphatic rings. The van der Waals surface area contributed by atoms with Crippen molar-refractivity contribution in [3.8, 4) is 6.07 Å². The smallest absolute Gasteiger partial charge is 0.242 e. The Labute approximate surface area is 109 Å². The Kier molecular flexibility index (Phi) is 3.65. The highest BCUT2D eigenvalue weighted by Crippen LogP contribution is 2.26. The summed E-state index contributed by atoms with van der Waals surface area (Å²) in [5.41, 5.74) is 5.69. The van der Waals surface area contributed by atoms with Crippen LogP contribution in [0.3, 0.4) is 0 Å². The van der Waals surface area contributed by atoms with Gasteiger partial charge in [0.25, 0.3) is 0 Å². The van der Waals surface area contributed by atoms with Gasteiger partial charge in [-0.3, -0.25) is 4.79 Å². The van der Waals surface area contributed by atoms with Gasteiger partial charge in [-0.25, -0.2) is 4.98 Å². The number of rotatable bonds is 2. The first kappa shape index (κ1) is 12.6. The summed E-state index contributed by atoms with van der Waals surface area (Å²) in [7, 11) is 0. The van der Waals surface area contributed by atoms with E-state index in [1.807, 2.05) is 6.07 Å². The number of morpholine rings is 1. The first-order valence-electron chi connectivity index (χ1n) is 5.33. The van der Waals surface area contributed by atoms with Crippen molar-refractivity contribution in [3.05, 3.63) is 22.8 Å². The van der Waals surface area contributed by atoms with Gasteiger partial charge >= 0.3 is 0 Å². The van der Waals surface area contributed by atoms with Crippen molar-refractivity contribution in [2.45, 2.75) is 6.04 Å². The fourth-order valence-electron chi connectivity index (χ4n) is 1.80. The summed E-state index contributed by atoms with van der Waals surface area (Å²) in [5, 5.41) is 9.07. The molecule has 1 aromatic rings. The molecule has 1 amide bonds. The Hall–Kier alpha value is -1.84. The number of anilines is 1. The molecule has 94 valence electrons. The fraction of sp³-hybridized carbons (Fsp3) is 0.364. The van der Waals surface area contributed by atoms with E-state index >= 15 is 0 Å². The summed E-state index contributed by atoms with van der Waals surface area (Å²) < 4.78 is 5.21. The van der Waals surface area contributed by atoms with Crippen LogP contribution in [0.1, 0.15) is 5.56 Å². The second-order valence-corrected chi connectivity index (χ2v) is 4.23. The number of nitriles is 1. The lowest BCUT2D eigenvalue weighted by atomic mass is 10.2. The van der Waals surface area contributed by atoms with Gasteiger partial charge in [-0.2, -0.15) is 5.26 Å². The van der Waals surface area contributed by atoms with Gasteiger partial charge in [0.2, 0.25) is 5.91 Å². The van der Waals surface area contributed by atoms with Crippen molar-refractivity contribution in [2.75, 3.05) is 24.7 Å². The van der Waals surface area contributed by atoms with E-state index < -0.39 is 11.9 Å². The molecular weight excluding hydrogens is 256 g/mol. The molecule has 0 saturated carbocycles. The third kappa shape index (κ3) is 2.37. The Morgan fingerprint density at radius 3 is 3.11 bits per heavy atom. The number of nitrogens with zero attached hydrogens (tertiary/aromatic N) is 3. The number of nitrogens with two attached hydrogens (primary N) is 1. The predicted octanol–water partition coefficient (Wildman–Crippen LogP) is 0.297. The van der Waals surface area contributed by atoms with E-state index in [2.05, 4.69) is 4.98 Å². The van der Waals surface area contributed by atoms with E-state index in [1.165, 1.54) is 12.3 Å². The highest BCUT2D eigenvalue weighted by Gasteiger charge is 2.30. The maximum atomic E-state index is 11.3. The van der Waals surface area contributed by atoms with E-state index in [4.69, 9.17) is 27.3 Å². The molecule has 1 saturated heterocycles. The zero-order valence-electron chi connectivity index (χ0n) is 9.47. The average Bonchev–Trinajstić information content (AvgIpc) is 2.38. The predicted molar refractivity (Wildman–Crippen MR) is 65.1 cm³/mol. The van der Waals surface area contributed by atoms with Crippen LogP contribution in [-0.2, 0) is 9.53 Å². The van der Waals surface area contributed by atoms with E-state index in [-0.39, 0.29) is 6.61 Å². The van der Waals surface area contributed by atoms with Gasteiger partial charge in [-0.15, -0.1) is 0 Å². The third-order valence-electron chi connectivity index (χ3n) is 2.68. The molecule has 18 heavy (non-hydrogen) atoms. The van der Waals surface area contributed by atoms with Crippen LogP contribution >= 0.6 is 11.6 Å². The molecule has 2 rings (SSSR count). The monoisotopic (exact) mass is 266 g/mol. The summed E-state index contributed by atoms with van der Waals surface area (Å²) in [6, 6.07) is 2.88. The number of aromatic nitrogens is 1. The van der Waals surface area contributed by atoms with Gasteiger partial charge < -0.3 is 15.4 Å². The molecule has 0 bridgehead atoms. The quantitative estimate of drug-likeness (QED) is 0.831. The summed E-state index contributed by atoms with van der Waals surface area (Å²) in [6.45, 7) is 1.17. The molecule has 6 nitrogen and oxygen atoms in total. The van der Waals surface area contributed by atoms with Crippen molar-refractivity contribution < 1.29 is 9.53 Å². The molecule has 1 fully saturated rings. The summed E-state index contributed by atoms with van der Waals surface area (Å²) in [5.74, 6) is -0.0420. The molecule has 0 spiro atoms. The second kappa shape index (κ2) is 5.21. The minimum atomic E-state index is -0.586. The normalized spacial score (nSPS) is 19.3. The molecule has 0 aromatic carbocycles. The largest absolute Gasteiger partial charge is 0.377 e. The number of carbonyl (C=O) groups excluding carboxylic acids is 1. The van der Waals surface area contributed by atoms with Crippen molar-refractivity contribution >= 4 is 23.3 Å². The van der Waals surface area contributed by atoms with Gasteiger partial charge in [0.1, 0.15) is 17.9 Å². The maximum Gasteiger partial charge on any atom is 0.242 e. The number of amides is 1. The molecule has 2 heterocycles. The number of ether oxygens (including phenoxy) is 1. The number of pyridine rings is 1. The van der Waals surface area contributed by atoms with Crippen LogP contribution in [0.4, 0.5) is 5.82 Å². The number of carbonyl (C=O) groups is 1. The standard InChI is InChI=1S/C11H11ClN4O2/c12-8-3-7(4-13)5-15-11(8)16-1-2-18-6-9(16)10(14)17/h3,5,9H,1-2,6H2,(H2,14,17). The average molecular weight is 267 g/mol. The van der Waals surface area contributed by atoms with Gasteiger partial charge in [0.05, 0.1) is 23.8 Å². The molecule has 7 heteroatoms. The lowest BCUT2D eigenvalue weighted by Crippen LogP contribution is -2.53. The second-order valence-electron chi connectivity index (χ2n) is 3.83. The highest BCUT2D eigenvalue weighted by atomic mass is 35.5.